The van der Waals surface area contributed by atoms with Crippen LogP contribution in [0.15, 0.2) is 73.1 Å². The molecule has 1 amide bonds. The summed E-state index contributed by atoms with van der Waals surface area (Å²) in [4.78, 5) is 39.1. The van der Waals surface area contributed by atoms with Crippen LogP contribution in [-0.2, 0) is 16.1 Å². The number of piperazine rings is 1. The van der Waals surface area contributed by atoms with E-state index in [4.69, 9.17) is 4.74 Å². The Morgan fingerprint density at radius 2 is 1.65 bits per heavy atom. The van der Waals surface area contributed by atoms with E-state index in [-0.39, 0.29) is 5.91 Å². The Labute approximate surface area is 232 Å². The van der Waals surface area contributed by atoms with E-state index in [1.165, 1.54) is 12.7 Å². The molecule has 4 aromatic rings. The molecular formula is C31H30N6O3. The van der Waals surface area contributed by atoms with Gasteiger partial charge >= 0.3 is 5.97 Å². The van der Waals surface area contributed by atoms with E-state index in [0.29, 0.717) is 28.1 Å². The van der Waals surface area contributed by atoms with Gasteiger partial charge in [0, 0.05) is 61.9 Å². The van der Waals surface area contributed by atoms with E-state index in [0.717, 1.165) is 55.0 Å². The Morgan fingerprint density at radius 1 is 0.925 bits per heavy atom. The number of fused-ring (bicyclic) bond motifs is 2. The van der Waals surface area contributed by atoms with Crippen LogP contribution in [-0.4, -0.2) is 72.0 Å². The molecule has 9 heteroatoms. The first kappa shape index (κ1) is 25.7. The van der Waals surface area contributed by atoms with Gasteiger partial charge in [-0.05, 0) is 49.0 Å². The number of carbonyl (C=O) groups excluding carboxylic acids is 2. The number of hydrogen-bond acceptors (Lipinski definition) is 8. The first-order chi connectivity index (χ1) is 19.5. The Kier molecular flexibility index (Phi) is 6.98. The summed E-state index contributed by atoms with van der Waals surface area (Å²) in [5.74, 6) is -0.719. The van der Waals surface area contributed by atoms with Crippen molar-refractivity contribution in [2.45, 2.75) is 6.54 Å². The summed E-state index contributed by atoms with van der Waals surface area (Å²) in [5, 5.41) is 6.43. The van der Waals surface area contributed by atoms with Gasteiger partial charge in [0.25, 0.3) is 5.91 Å². The minimum atomic E-state index is -0.461. The van der Waals surface area contributed by atoms with Crippen molar-refractivity contribution in [2.75, 3.05) is 51.0 Å². The minimum Gasteiger partial charge on any atom is -0.465 e. The van der Waals surface area contributed by atoms with Crippen molar-refractivity contribution in [3.63, 3.8) is 0 Å². The average molecular weight is 535 g/mol. The maximum absolute atomic E-state index is 13.4. The van der Waals surface area contributed by atoms with Gasteiger partial charge in [-0.3, -0.25) is 19.7 Å². The number of hydrogen-bond donors (Lipinski definition) is 2. The van der Waals surface area contributed by atoms with E-state index in [2.05, 4.69) is 49.6 Å². The van der Waals surface area contributed by atoms with Crippen LogP contribution in [0.1, 0.15) is 27.0 Å². The zero-order chi connectivity index (χ0) is 27.6. The lowest BCUT2D eigenvalue weighted by atomic mass is 9.98. The predicted molar refractivity (Wildman–Crippen MR) is 156 cm³/mol. The molecule has 2 N–H and O–H groups in total. The average Bonchev–Trinajstić information content (AvgIpc) is 3.31. The molecule has 2 aliphatic rings. The molecule has 1 saturated heterocycles. The van der Waals surface area contributed by atoms with Crippen LogP contribution in [0.2, 0.25) is 0 Å². The summed E-state index contributed by atoms with van der Waals surface area (Å²) >= 11 is 0. The molecular weight excluding hydrogens is 504 g/mol. The summed E-state index contributed by atoms with van der Waals surface area (Å²) < 4.78 is 4.85. The van der Waals surface area contributed by atoms with Crippen molar-refractivity contribution in [3.8, 4) is 0 Å². The fraction of sp³-hybridized carbons (Fsp3) is 0.226. The van der Waals surface area contributed by atoms with Gasteiger partial charge in [0.2, 0.25) is 0 Å². The lowest BCUT2D eigenvalue weighted by molar-refractivity contribution is -0.110. The van der Waals surface area contributed by atoms with Gasteiger partial charge in [0.1, 0.15) is 0 Å². The topological polar surface area (TPSA) is 99.7 Å². The number of anilines is 2. The van der Waals surface area contributed by atoms with E-state index < -0.39 is 5.97 Å². The van der Waals surface area contributed by atoms with E-state index >= 15 is 0 Å². The molecule has 0 atom stereocenters. The summed E-state index contributed by atoms with van der Waals surface area (Å²) in [6, 6.07) is 19.2. The number of likely N-dealkylation sites (N-methyl/N-ethyl adjacent to an activating group) is 1. The van der Waals surface area contributed by atoms with E-state index in [1.807, 2.05) is 30.3 Å². The molecule has 1 fully saturated rings. The smallest absolute Gasteiger partial charge is 0.337 e. The van der Waals surface area contributed by atoms with Crippen LogP contribution in [0.5, 0.6) is 0 Å². The van der Waals surface area contributed by atoms with Crippen molar-refractivity contribution in [1.82, 2.24) is 19.8 Å². The number of nitrogens with one attached hydrogen (secondary N) is 2. The standard InChI is InChI=1S/C31H30N6O3/c1-36-13-15-37(16-14-36)19-20-3-7-23(8-4-20)34-29(21-6-10-25-27(17-21)33-12-11-32-25)28-24-9-5-22(31(39)40-2)18-26(24)35-30(28)38/h3-12,17-18,34H,13-16,19H2,1-2H3,(H,35,38)/b29-28-. The monoisotopic (exact) mass is 534 g/mol. The molecule has 1 aromatic heterocycles. The summed E-state index contributed by atoms with van der Waals surface area (Å²) in [5.41, 5.74) is 7.14. The fourth-order valence-electron chi connectivity index (χ4n) is 5.17. The highest BCUT2D eigenvalue weighted by molar-refractivity contribution is 6.37. The van der Waals surface area contributed by atoms with Gasteiger partial charge in [-0.2, -0.15) is 0 Å². The molecule has 3 heterocycles. The van der Waals surface area contributed by atoms with Crippen LogP contribution in [0.3, 0.4) is 0 Å². The highest BCUT2D eigenvalue weighted by atomic mass is 16.5. The number of amides is 1. The van der Waals surface area contributed by atoms with Crippen molar-refractivity contribution >= 4 is 45.6 Å². The Bertz CT molecular complexity index is 1620. The highest BCUT2D eigenvalue weighted by Gasteiger charge is 2.29. The van der Waals surface area contributed by atoms with Crippen LogP contribution >= 0.6 is 0 Å². The van der Waals surface area contributed by atoms with Gasteiger partial charge in [-0.15, -0.1) is 0 Å². The Balaban J connectivity index is 1.37. The predicted octanol–water partition coefficient (Wildman–Crippen LogP) is 4.10. The van der Waals surface area contributed by atoms with Crippen molar-refractivity contribution in [1.29, 1.82) is 0 Å². The number of aromatic nitrogens is 2. The second kappa shape index (κ2) is 10.9. The minimum absolute atomic E-state index is 0.259. The molecule has 40 heavy (non-hydrogen) atoms. The second-order valence-electron chi connectivity index (χ2n) is 10.1. The summed E-state index contributed by atoms with van der Waals surface area (Å²) in [7, 11) is 3.49. The number of esters is 1. The molecule has 9 nitrogen and oxygen atoms in total. The van der Waals surface area contributed by atoms with E-state index in [1.54, 1.807) is 30.6 Å². The van der Waals surface area contributed by atoms with Gasteiger partial charge in [0.15, 0.2) is 0 Å². The van der Waals surface area contributed by atoms with E-state index in [9.17, 15) is 9.59 Å². The van der Waals surface area contributed by atoms with Gasteiger partial charge < -0.3 is 20.3 Å². The van der Waals surface area contributed by atoms with Crippen LogP contribution in [0, 0.1) is 0 Å². The normalized spacial score (nSPS) is 16.9. The summed E-state index contributed by atoms with van der Waals surface area (Å²) in [6.07, 6.45) is 3.31. The van der Waals surface area contributed by atoms with Crippen LogP contribution in [0.25, 0.3) is 22.3 Å². The van der Waals surface area contributed by atoms with Crippen molar-refractivity contribution < 1.29 is 14.3 Å². The third-order valence-electron chi connectivity index (χ3n) is 7.42. The number of rotatable bonds is 6. The second-order valence-corrected chi connectivity index (χ2v) is 10.1. The van der Waals surface area contributed by atoms with Crippen LogP contribution in [0.4, 0.5) is 11.4 Å². The fourth-order valence-corrected chi connectivity index (χ4v) is 5.17. The summed E-state index contributed by atoms with van der Waals surface area (Å²) in [6.45, 7) is 5.19. The molecule has 0 saturated carbocycles. The maximum atomic E-state index is 13.4. The Morgan fingerprint density at radius 3 is 2.40 bits per heavy atom. The zero-order valence-electron chi connectivity index (χ0n) is 22.5. The molecule has 0 spiro atoms. The van der Waals surface area contributed by atoms with Crippen molar-refractivity contribution in [3.05, 3.63) is 95.3 Å². The number of ether oxygens (including phenoxy) is 1. The lowest BCUT2D eigenvalue weighted by Gasteiger charge is -2.32. The molecule has 0 radical (unpaired) electrons. The zero-order valence-corrected chi connectivity index (χ0v) is 22.5. The first-order valence-electron chi connectivity index (χ1n) is 13.2. The third-order valence-corrected chi connectivity index (χ3v) is 7.42. The largest absolute Gasteiger partial charge is 0.465 e. The SMILES string of the molecule is COC(=O)c1ccc2c(c1)NC(=O)/C2=C(\Nc1ccc(CN2CCN(C)CC2)cc1)c1ccc2nccnc2c1. The molecule has 3 aromatic carbocycles. The number of benzene rings is 3. The molecule has 202 valence electrons. The third kappa shape index (κ3) is 5.16. The van der Waals surface area contributed by atoms with Crippen molar-refractivity contribution in [2.24, 2.45) is 0 Å². The lowest BCUT2D eigenvalue weighted by Crippen LogP contribution is -2.43. The number of nitrogens with zero attached hydrogens (tertiary/aromatic N) is 4. The number of methoxy groups -OCH3 is 1. The maximum Gasteiger partial charge on any atom is 0.337 e. The molecule has 2 aliphatic heterocycles. The van der Waals surface area contributed by atoms with Gasteiger partial charge in [-0.1, -0.05) is 24.3 Å². The molecule has 0 unspecified atom stereocenters. The van der Waals surface area contributed by atoms with Gasteiger partial charge in [-0.25, -0.2) is 4.79 Å². The quantitative estimate of drug-likeness (QED) is 0.282. The highest BCUT2D eigenvalue weighted by Crippen LogP contribution is 2.38. The first-order valence-corrected chi connectivity index (χ1v) is 13.2. The molecule has 0 bridgehead atoms. The number of carbonyl (C=O) groups is 2. The van der Waals surface area contributed by atoms with Crippen LogP contribution < -0.4 is 10.6 Å². The van der Waals surface area contributed by atoms with Gasteiger partial charge in [0.05, 0.1) is 40.7 Å². The Hall–Kier alpha value is -4.60. The molecule has 0 aliphatic carbocycles. The molecule has 6 rings (SSSR count).